The standard InChI is InChI=1S/C19H23FN2O2S/c20-18-8-6-16(7-9-18)14-21-15-17-10-12-22(13-11-17)25(23,24)19-4-2-1-3-5-19/h1-9,17,21H,10-15H2. The van der Waals surface area contributed by atoms with E-state index < -0.39 is 10.0 Å². The molecule has 0 bridgehead atoms. The van der Waals surface area contributed by atoms with Crippen molar-refractivity contribution in [2.75, 3.05) is 19.6 Å². The van der Waals surface area contributed by atoms with Gasteiger partial charge in [-0.15, -0.1) is 0 Å². The maximum absolute atomic E-state index is 12.9. The fourth-order valence-electron chi connectivity index (χ4n) is 3.12. The largest absolute Gasteiger partial charge is 0.312 e. The van der Waals surface area contributed by atoms with Gasteiger partial charge in [0, 0.05) is 19.6 Å². The Balaban J connectivity index is 1.46. The lowest BCUT2D eigenvalue weighted by molar-refractivity contribution is 0.267. The van der Waals surface area contributed by atoms with Crippen LogP contribution in [0.2, 0.25) is 0 Å². The van der Waals surface area contributed by atoms with E-state index in [9.17, 15) is 12.8 Å². The molecule has 1 heterocycles. The molecule has 0 amide bonds. The van der Waals surface area contributed by atoms with E-state index in [-0.39, 0.29) is 5.82 Å². The normalized spacial score (nSPS) is 16.8. The topological polar surface area (TPSA) is 49.4 Å². The molecule has 2 aromatic rings. The summed E-state index contributed by atoms with van der Waals surface area (Å²) in [6.07, 6.45) is 1.70. The zero-order valence-corrected chi connectivity index (χ0v) is 14.9. The summed E-state index contributed by atoms with van der Waals surface area (Å²) in [5.41, 5.74) is 1.05. The quantitative estimate of drug-likeness (QED) is 0.859. The average Bonchev–Trinajstić information content (AvgIpc) is 2.64. The van der Waals surface area contributed by atoms with Gasteiger partial charge in [-0.05, 0) is 55.1 Å². The molecule has 0 saturated carbocycles. The molecule has 134 valence electrons. The maximum Gasteiger partial charge on any atom is 0.243 e. The fraction of sp³-hybridized carbons (Fsp3) is 0.368. The van der Waals surface area contributed by atoms with E-state index in [1.807, 2.05) is 6.07 Å². The lowest BCUT2D eigenvalue weighted by Gasteiger charge is -2.31. The summed E-state index contributed by atoms with van der Waals surface area (Å²) in [7, 11) is -3.38. The Morgan fingerprint density at radius 1 is 1.00 bits per heavy atom. The van der Waals surface area contributed by atoms with Gasteiger partial charge in [0.25, 0.3) is 0 Å². The molecule has 0 aromatic heterocycles. The summed E-state index contributed by atoms with van der Waals surface area (Å²) in [5.74, 6) is 0.235. The Hall–Kier alpha value is -1.76. The molecule has 4 nitrogen and oxygen atoms in total. The molecule has 1 aliphatic heterocycles. The first-order valence-electron chi connectivity index (χ1n) is 8.56. The van der Waals surface area contributed by atoms with Crippen molar-refractivity contribution in [1.82, 2.24) is 9.62 Å². The van der Waals surface area contributed by atoms with Crippen molar-refractivity contribution >= 4 is 10.0 Å². The van der Waals surface area contributed by atoms with Crippen LogP contribution in [0.4, 0.5) is 4.39 Å². The van der Waals surface area contributed by atoms with Gasteiger partial charge in [0.1, 0.15) is 5.82 Å². The van der Waals surface area contributed by atoms with E-state index in [2.05, 4.69) is 5.32 Å². The van der Waals surface area contributed by atoms with Crippen molar-refractivity contribution in [2.45, 2.75) is 24.3 Å². The van der Waals surface area contributed by atoms with Gasteiger partial charge in [-0.25, -0.2) is 12.8 Å². The lowest BCUT2D eigenvalue weighted by atomic mass is 9.98. The highest BCUT2D eigenvalue weighted by molar-refractivity contribution is 7.89. The van der Waals surface area contributed by atoms with Crippen LogP contribution < -0.4 is 5.32 Å². The number of sulfonamides is 1. The van der Waals surface area contributed by atoms with Crippen molar-refractivity contribution in [1.29, 1.82) is 0 Å². The molecule has 1 fully saturated rings. The predicted molar refractivity (Wildman–Crippen MR) is 96.0 cm³/mol. The van der Waals surface area contributed by atoms with Crippen molar-refractivity contribution in [3.8, 4) is 0 Å². The third-order valence-corrected chi connectivity index (χ3v) is 6.54. The first kappa shape index (κ1) is 18.0. The number of hydrogen-bond acceptors (Lipinski definition) is 3. The van der Waals surface area contributed by atoms with Crippen LogP contribution in [0.5, 0.6) is 0 Å². The van der Waals surface area contributed by atoms with Crippen LogP contribution in [-0.2, 0) is 16.6 Å². The van der Waals surface area contributed by atoms with Crippen molar-refractivity contribution < 1.29 is 12.8 Å². The second-order valence-electron chi connectivity index (χ2n) is 6.42. The van der Waals surface area contributed by atoms with Crippen LogP contribution in [0.25, 0.3) is 0 Å². The van der Waals surface area contributed by atoms with Gasteiger partial charge in [0.15, 0.2) is 0 Å². The molecule has 1 aliphatic rings. The summed E-state index contributed by atoms with van der Waals surface area (Å²) in [4.78, 5) is 0.364. The van der Waals surface area contributed by atoms with Gasteiger partial charge in [0.2, 0.25) is 10.0 Å². The molecule has 1 N–H and O–H groups in total. The third kappa shape index (κ3) is 4.66. The summed E-state index contributed by atoms with van der Waals surface area (Å²) >= 11 is 0. The van der Waals surface area contributed by atoms with E-state index in [1.165, 1.54) is 12.1 Å². The summed E-state index contributed by atoms with van der Waals surface area (Å²) in [5, 5.41) is 3.39. The molecular formula is C19H23FN2O2S. The predicted octanol–water partition coefficient (Wildman–Crippen LogP) is 3.02. The maximum atomic E-state index is 12.9. The number of nitrogens with one attached hydrogen (secondary N) is 1. The summed E-state index contributed by atoms with van der Waals surface area (Å²) in [6, 6.07) is 15.1. The lowest BCUT2D eigenvalue weighted by Crippen LogP contribution is -2.40. The van der Waals surface area contributed by atoms with E-state index in [4.69, 9.17) is 0 Å². The number of nitrogens with zero attached hydrogens (tertiary/aromatic N) is 1. The number of rotatable bonds is 6. The highest BCUT2D eigenvalue weighted by atomic mass is 32.2. The average molecular weight is 362 g/mol. The Bertz CT molecular complexity index is 771. The van der Waals surface area contributed by atoms with Crippen molar-refractivity contribution in [3.05, 3.63) is 66.0 Å². The molecule has 2 aromatic carbocycles. The van der Waals surface area contributed by atoms with Gasteiger partial charge >= 0.3 is 0 Å². The minimum absolute atomic E-state index is 0.226. The van der Waals surface area contributed by atoms with Crippen LogP contribution in [0, 0.1) is 11.7 Å². The SMILES string of the molecule is O=S(=O)(c1ccccc1)N1CCC(CNCc2ccc(F)cc2)CC1. The van der Waals surface area contributed by atoms with Crippen LogP contribution in [0.15, 0.2) is 59.5 Å². The Kier molecular flexibility index (Phi) is 5.83. The van der Waals surface area contributed by atoms with Crippen LogP contribution in [-0.4, -0.2) is 32.4 Å². The van der Waals surface area contributed by atoms with E-state index in [1.54, 1.807) is 40.7 Å². The molecule has 3 rings (SSSR count). The van der Waals surface area contributed by atoms with Crippen molar-refractivity contribution in [2.24, 2.45) is 5.92 Å². The molecule has 0 aliphatic carbocycles. The molecule has 0 spiro atoms. The second-order valence-corrected chi connectivity index (χ2v) is 8.36. The third-order valence-electron chi connectivity index (χ3n) is 4.63. The number of benzene rings is 2. The smallest absolute Gasteiger partial charge is 0.243 e. The second kappa shape index (κ2) is 8.08. The van der Waals surface area contributed by atoms with E-state index in [0.29, 0.717) is 30.4 Å². The fourth-order valence-corrected chi connectivity index (χ4v) is 4.61. The Morgan fingerprint density at radius 3 is 2.28 bits per heavy atom. The molecule has 25 heavy (non-hydrogen) atoms. The molecular weight excluding hydrogens is 339 g/mol. The molecule has 1 saturated heterocycles. The van der Waals surface area contributed by atoms with E-state index in [0.717, 1.165) is 24.9 Å². The molecule has 0 radical (unpaired) electrons. The summed E-state index contributed by atoms with van der Waals surface area (Å²) < 4.78 is 39.7. The Labute approximate surface area is 148 Å². The van der Waals surface area contributed by atoms with Gasteiger partial charge in [-0.2, -0.15) is 4.31 Å². The van der Waals surface area contributed by atoms with Gasteiger partial charge in [-0.3, -0.25) is 0 Å². The highest BCUT2D eigenvalue weighted by Gasteiger charge is 2.28. The Morgan fingerprint density at radius 2 is 1.64 bits per heavy atom. The first-order chi connectivity index (χ1) is 12.1. The molecule has 0 atom stereocenters. The van der Waals surface area contributed by atoms with E-state index >= 15 is 0 Å². The van der Waals surface area contributed by atoms with Crippen molar-refractivity contribution in [3.63, 3.8) is 0 Å². The van der Waals surface area contributed by atoms with Gasteiger partial charge in [0.05, 0.1) is 4.90 Å². The highest BCUT2D eigenvalue weighted by Crippen LogP contribution is 2.23. The number of hydrogen-bond donors (Lipinski definition) is 1. The van der Waals surface area contributed by atoms with Gasteiger partial charge < -0.3 is 5.32 Å². The van der Waals surface area contributed by atoms with Crippen LogP contribution >= 0.6 is 0 Å². The monoisotopic (exact) mass is 362 g/mol. The minimum Gasteiger partial charge on any atom is -0.312 e. The van der Waals surface area contributed by atoms with Gasteiger partial charge in [-0.1, -0.05) is 30.3 Å². The number of piperidine rings is 1. The zero-order valence-electron chi connectivity index (χ0n) is 14.1. The minimum atomic E-state index is -3.38. The van der Waals surface area contributed by atoms with Crippen LogP contribution in [0.3, 0.4) is 0 Å². The zero-order chi connectivity index (χ0) is 17.7. The molecule has 0 unspecified atom stereocenters. The number of halogens is 1. The van der Waals surface area contributed by atoms with Crippen LogP contribution in [0.1, 0.15) is 18.4 Å². The molecule has 6 heteroatoms. The first-order valence-corrected chi connectivity index (χ1v) is 10.00. The summed E-state index contributed by atoms with van der Waals surface area (Å²) in [6.45, 7) is 2.65.